The van der Waals surface area contributed by atoms with Crippen molar-refractivity contribution in [2.75, 3.05) is 0 Å². The first-order valence-corrected chi connectivity index (χ1v) is 6.31. The molecule has 0 aliphatic heterocycles. The molecule has 84 valence electrons. The minimum absolute atomic E-state index is 0.197. The molecule has 1 N–H and O–H groups in total. The van der Waals surface area contributed by atoms with Crippen LogP contribution < -0.4 is 0 Å². The van der Waals surface area contributed by atoms with Gasteiger partial charge < -0.3 is 5.11 Å². The second-order valence-electron chi connectivity index (χ2n) is 5.60. The molecule has 4 fully saturated rings. The third-order valence-corrected chi connectivity index (χ3v) is 5.97. The van der Waals surface area contributed by atoms with Crippen molar-refractivity contribution in [3.8, 4) is 0 Å². The first kappa shape index (κ1) is 10.2. The second kappa shape index (κ2) is 2.84. The Hall–Kier alpha value is 0.0500. The zero-order valence-electron chi connectivity index (χ0n) is 8.38. The summed E-state index contributed by atoms with van der Waals surface area (Å²) in [6.45, 7) is 0. The van der Waals surface area contributed by atoms with E-state index in [0.29, 0.717) is 18.8 Å². The summed E-state index contributed by atoms with van der Waals surface area (Å²) in [6.07, 6.45) is 4.26. The molecule has 0 saturated heterocycles. The van der Waals surface area contributed by atoms with Gasteiger partial charge in [0.2, 0.25) is 0 Å². The molecule has 0 aromatic rings. The Morgan fingerprint density at radius 1 is 1.13 bits per heavy atom. The molecule has 2 nitrogen and oxygen atoms in total. The van der Waals surface area contributed by atoms with Gasteiger partial charge in [-0.1, -0.05) is 0 Å². The Morgan fingerprint density at radius 3 is 2.13 bits per heavy atom. The fourth-order valence-electron chi connectivity index (χ4n) is 4.16. The third kappa shape index (κ3) is 1.21. The molecule has 4 heteroatoms. The lowest BCUT2D eigenvalue weighted by atomic mass is 9.49. The van der Waals surface area contributed by atoms with E-state index in [0.717, 1.165) is 19.3 Å². The van der Waals surface area contributed by atoms with Gasteiger partial charge in [-0.25, -0.2) is 0 Å². The number of carbonyl (C=O) groups is 1. The predicted octanol–water partition coefficient (Wildman–Crippen LogP) is 3.07. The highest BCUT2D eigenvalue weighted by molar-refractivity contribution is 6.49. The van der Waals surface area contributed by atoms with Crippen molar-refractivity contribution in [3.63, 3.8) is 0 Å². The first-order valence-electron chi connectivity index (χ1n) is 5.55. The number of carboxylic acids is 1. The summed E-state index contributed by atoms with van der Waals surface area (Å²) in [5, 5.41) is 9.36. The molecule has 0 aromatic carbocycles. The molecule has 4 rings (SSSR count). The Bertz CT molecular complexity index is 309. The fourth-order valence-corrected chi connectivity index (χ4v) is 4.83. The minimum atomic E-state index is -0.657. The molecule has 4 saturated carbocycles. The van der Waals surface area contributed by atoms with E-state index in [9.17, 15) is 9.90 Å². The maximum Gasteiger partial charge on any atom is 0.309 e. The van der Waals surface area contributed by atoms with Crippen LogP contribution in [-0.2, 0) is 4.79 Å². The van der Waals surface area contributed by atoms with Crippen molar-refractivity contribution in [2.45, 2.75) is 36.4 Å². The molecule has 4 bridgehead atoms. The molecule has 4 aliphatic carbocycles. The highest BCUT2D eigenvalue weighted by Crippen LogP contribution is 2.66. The van der Waals surface area contributed by atoms with Gasteiger partial charge in [-0.2, -0.15) is 0 Å². The molecule has 0 heterocycles. The van der Waals surface area contributed by atoms with Crippen LogP contribution in [0.15, 0.2) is 0 Å². The topological polar surface area (TPSA) is 37.3 Å². The zero-order valence-corrected chi connectivity index (χ0v) is 9.89. The van der Waals surface area contributed by atoms with Gasteiger partial charge in [0, 0.05) is 0 Å². The van der Waals surface area contributed by atoms with Crippen LogP contribution in [0.2, 0.25) is 0 Å². The van der Waals surface area contributed by atoms with Crippen LogP contribution in [-0.4, -0.2) is 15.4 Å². The van der Waals surface area contributed by atoms with E-state index < -0.39 is 15.7 Å². The smallest absolute Gasteiger partial charge is 0.309 e. The second-order valence-corrected chi connectivity index (χ2v) is 7.05. The molecule has 0 amide bonds. The number of rotatable bonds is 1. The minimum Gasteiger partial charge on any atom is -0.481 e. The largest absolute Gasteiger partial charge is 0.481 e. The van der Waals surface area contributed by atoms with Gasteiger partial charge in [0.1, 0.15) is 4.33 Å². The fraction of sp³-hybridized carbons (Fsp3) is 0.909. The van der Waals surface area contributed by atoms with Crippen molar-refractivity contribution in [2.24, 2.45) is 23.2 Å². The normalized spacial score (nSPS) is 50.7. The summed E-state index contributed by atoms with van der Waals surface area (Å²) in [7, 11) is 0. The molecule has 4 atom stereocenters. The molecule has 15 heavy (non-hydrogen) atoms. The van der Waals surface area contributed by atoms with Crippen LogP contribution in [0, 0.1) is 23.2 Å². The number of hydrogen-bond acceptors (Lipinski definition) is 1. The van der Waals surface area contributed by atoms with E-state index in [1.807, 2.05) is 0 Å². The lowest BCUT2D eigenvalue weighted by molar-refractivity contribution is -0.165. The van der Waals surface area contributed by atoms with Crippen LogP contribution in [0.5, 0.6) is 0 Å². The molecule has 0 aromatic heterocycles. The van der Waals surface area contributed by atoms with E-state index in [1.54, 1.807) is 0 Å². The lowest BCUT2D eigenvalue weighted by Crippen LogP contribution is -2.58. The van der Waals surface area contributed by atoms with Crippen LogP contribution in [0.1, 0.15) is 32.1 Å². The van der Waals surface area contributed by atoms with E-state index in [2.05, 4.69) is 0 Å². The predicted molar refractivity (Wildman–Crippen MR) is 58.1 cm³/mol. The van der Waals surface area contributed by atoms with E-state index in [-0.39, 0.29) is 11.8 Å². The highest BCUT2D eigenvalue weighted by atomic mass is 35.5. The molecule has 4 aliphatic rings. The van der Waals surface area contributed by atoms with Gasteiger partial charge in [0.05, 0.1) is 5.41 Å². The average molecular weight is 249 g/mol. The number of alkyl halides is 2. The number of halogens is 2. The molecule has 2 unspecified atom stereocenters. The highest BCUT2D eigenvalue weighted by Gasteiger charge is 2.63. The van der Waals surface area contributed by atoms with Crippen molar-refractivity contribution in [3.05, 3.63) is 0 Å². The van der Waals surface area contributed by atoms with E-state index >= 15 is 0 Å². The Kier molecular flexibility index (Phi) is 1.93. The zero-order chi connectivity index (χ0) is 10.8. The Labute approximate surface area is 98.9 Å². The van der Waals surface area contributed by atoms with Crippen LogP contribution in [0.3, 0.4) is 0 Å². The van der Waals surface area contributed by atoms with Gasteiger partial charge in [0.25, 0.3) is 0 Å². The van der Waals surface area contributed by atoms with Gasteiger partial charge in [-0.05, 0) is 49.9 Å². The average Bonchev–Trinajstić information content (AvgIpc) is 2.13. The summed E-state index contributed by atoms with van der Waals surface area (Å²) in [6, 6.07) is 0. The van der Waals surface area contributed by atoms with E-state index in [1.165, 1.54) is 0 Å². The van der Waals surface area contributed by atoms with Crippen molar-refractivity contribution in [1.29, 1.82) is 0 Å². The van der Waals surface area contributed by atoms with E-state index in [4.69, 9.17) is 23.2 Å². The maximum absolute atomic E-state index is 11.4. The van der Waals surface area contributed by atoms with Gasteiger partial charge in [0.15, 0.2) is 0 Å². The van der Waals surface area contributed by atoms with Gasteiger partial charge in [-0.15, -0.1) is 23.2 Å². The first-order chi connectivity index (χ1) is 6.94. The van der Waals surface area contributed by atoms with Crippen molar-refractivity contribution >= 4 is 29.2 Å². The summed E-state index contributed by atoms with van der Waals surface area (Å²) in [4.78, 5) is 11.4. The molecular formula is C11H14Cl2O2. The van der Waals surface area contributed by atoms with Crippen molar-refractivity contribution in [1.82, 2.24) is 0 Å². The number of aliphatic carboxylic acids is 1. The maximum atomic E-state index is 11.4. The number of carboxylic acid groups (broad SMARTS) is 1. The lowest BCUT2D eigenvalue weighted by Gasteiger charge is -2.59. The standard InChI is InChI=1S/C11H14Cl2O2/c12-11(13)7-1-6-2-8(11)5-10(3-6,4-7)9(14)15/h6-8H,1-5H2,(H,14,15)/t6?,7-,8+,10?. The molecule has 0 radical (unpaired) electrons. The van der Waals surface area contributed by atoms with Gasteiger partial charge in [-0.3, -0.25) is 4.79 Å². The monoisotopic (exact) mass is 248 g/mol. The van der Waals surface area contributed by atoms with Crippen LogP contribution in [0.4, 0.5) is 0 Å². The van der Waals surface area contributed by atoms with Crippen LogP contribution >= 0.6 is 23.2 Å². The summed E-state index contributed by atoms with van der Waals surface area (Å²) in [5.41, 5.74) is -0.496. The van der Waals surface area contributed by atoms with Crippen LogP contribution in [0.25, 0.3) is 0 Å². The van der Waals surface area contributed by atoms with Gasteiger partial charge >= 0.3 is 5.97 Å². The summed E-state index contributed by atoms with van der Waals surface area (Å²) in [5.74, 6) is 0.307. The Morgan fingerprint density at radius 2 is 1.67 bits per heavy atom. The quantitative estimate of drug-likeness (QED) is 0.725. The molecule has 0 spiro atoms. The van der Waals surface area contributed by atoms with Crippen molar-refractivity contribution < 1.29 is 9.90 Å². The summed E-state index contributed by atoms with van der Waals surface area (Å²) >= 11 is 12.7. The third-order valence-electron chi connectivity index (χ3n) is 4.73. The number of hydrogen-bond donors (Lipinski definition) is 1. The summed E-state index contributed by atoms with van der Waals surface area (Å²) < 4.78 is -0.657. The SMILES string of the molecule is O=C(O)C12CC3C[C@H](C1)C(Cl)(Cl)[C@@H](C3)C2. The Balaban J connectivity index is 2.00. The molecular weight excluding hydrogens is 235 g/mol.